The summed E-state index contributed by atoms with van der Waals surface area (Å²) < 4.78 is 2.78. The molecule has 0 saturated heterocycles. The van der Waals surface area contributed by atoms with Gasteiger partial charge in [-0.05, 0) is 34.7 Å². The third-order valence-corrected chi connectivity index (χ3v) is 3.92. The molecule has 2 aromatic rings. The third kappa shape index (κ3) is 3.29. The molecule has 6 heteroatoms. The first-order valence-electron chi connectivity index (χ1n) is 4.92. The minimum absolute atomic E-state index is 0.106. The minimum atomic E-state index is 0.106. The average Bonchev–Trinajstić information content (AvgIpc) is 2.73. The zero-order valence-electron chi connectivity index (χ0n) is 9.13. The molecule has 1 heterocycles. The predicted octanol–water partition coefficient (Wildman–Crippen LogP) is 2.39. The van der Waals surface area contributed by atoms with Crippen LogP contribution in [0.3, 0.4) is 0 Å². The highest BCUT2D eigenvalue weighted by molar-refractivity contribution is 14.1. The highest BCUT2D eigenvalue weighted by Crippen LogP contribution is 2.16. The van der Waals surface area contributed by atoms with E-state index in [0.29, 0.717) is 5.75 Å². The summed E-state index contributed by atoms with van der Waals surface area (Å²) in [5.41, 5.74) is 0.736. The van der Waals surface area contributed by atoms with Crippen LogP contribution in [0.2, 0.25) is 0 Å². The SMILES string of the molecule is Cn1ncnc1SCC(=O)c1ccc(I)cc1. The van der Waals surface area contributed by atoms with E-state index in [4.69, 9.17) is 0 Å². The number of nitrogens with zero attached hydrogens (tertiary/aromatic N) is 3. The number of hydrogen-bond donors (Lipinski definition) is 0. The number of halogens is 1. The Kier molecular flexibility index (Phi) is 4.16. The van der Waals surface area contributed by atoms with Crippen molar-refractivity contribution in [3.05, 3.63) is 39.7 Å². The lowest BCUT2D eigenvalue weighted by molar-refractivity contribution is 0.102. The van der Waals surface area contributed by atoms with Gasteiger partial charge in [-0.1, -0.05) is 23.9 Å². The Morgan fingerprint density at radius 3 is 2.71 bits per heavy atom. The van der Waals surface area contributed by atoms with Crippen LogP contribution in [0.1, 0.15) is 10.4 Å². The van der Waals surface area contributed by atoms with Crippen molar-refractivity contribution in [1.82, 2.24) is 14.8 Å². The van der Waals surface area contributed by atoms with E-state index in [1.807, 2.05) is 31.3 Å². The summed E-state index contributed by atoms with van der Waals surface area (Å²) in [6.45, 7) is 0. The van der Waals surface area contributed by atoms with Gasteiger partial charge in [0.2, 0.25) is 0 Å². The lowest BCUT2D eigenvalue weighted by Crippen LogP contribution is -2.03. The largest absolute Gasteiger partial charge is 0.293 e. The van der Waals surface area contributed by atoms with Gasteiger partial charge in [-0.15, -0.1) is 0 Å². The number of aromatic nitrogens is 3. The summed E-state index contributed by atoms with van der Waals surface area (Å²) >= 11 is 3.61. The number of carbonyl (C=O) groups is 1. The van der Waals surface area contributed by atoms with Gasteiger partial charge in [0.1, 0.15) is 6.33 Å². The lowest BCUT2D eigenvalue weighted by atomic mass is 10.2. The van der Waals surface area contributed by atoms with Crippen LogP contribution < -0.4 is 0 Å². The minimum Gasteiger partial charge on any atom is -0.293 e. The van der Waals surface area contributed by atoms with Crippen LogP contribution in [0, 0.1) is 3.57 Å². The van der Waals surface area contributed by atoms with E-state index in [0.717, 1.165) is 14.3 Å². The van der Waals surface area contributed by atoms with Crippen molar-refractivity contribution < 1.29 is 4.79 Å². The monoisotopic (exact) mass is 359 g/mol. The smallest absolute Gasteiger partial charge is 0.186 e. The Morgan fingerprint density at radius 2 is 2.12 bits per heavy atom. The maximum Gasteiger partial charge on any atom is 0.186 e. The molecule has 1 aromatic heterocycles. The number of aryl methyl sites for hydroxylation is 1. The van der Waals surface area contributed by atoms with E-state index < -0.39 is 0 Å². The number of hydrogen-bond acceptors (Lipinski definition) is 4. The van der Waals surface area contributed by atoms with Crippen LogP contribution in [0.15, 0.2) is 35.7 Å². The molecule has 17 heavy (non-hydrogen) atoms. The summed E-state index contributed by atoms with van der Waals surface area (Å²) in [6.07, 6.45) is 1.48. The van der Waals surface area contributed by atoms with Crippen molar-refractivity contribution in [2.45, 2.75) is 5.16 Å². The highest BCUT2D eigenvalue weighted by atomic mass is 127. The van der Waals surface area contributed by atoms with Gasteiger partial charge in [0.05, 0.1) is 5.75 Å². The van der Waals surface area contributed by atoms with Gasteiger partial charge in [0, 0.05) is 16.2 Å². The molecule has 0 spiro atoms. The normalized spacial score (nSPS) is 10.5. The van der Waals surface area contributed by atoms with E-state index >= 15 is 0 Å². The number of benzene rings is 1. The summed E-state index contributed by atoms with van der Waals surface area (Å²) in [4.78, 5) is 15.9. The first-order valence-corrected chi connectivity index (χ1v) is 6.99. The molecule has 0 radical (unpaired) electrons. The molecule has 0 aliphatic heterocycles. The molecular weight excluding hydrogens is 349 g/mol. The quantitative estimate of drug-likeness (QED) is 0.478. The Labute approximate surface area is 117 Å². The van der Waals surface area contributed by atoms with Gasteiger partial charge in [-0.25, -0.2) is 9.67 Å². The van der Waals surface area contributed by atoms with E-state index in [-0.39, 0.29) is 5.78 Å². The molecule has 0 atom stereocenters. The molecular formula is C11H10IN3OS. The van der Waals surface area contributed by atoms with Crippen molar-refractivity contribution in [2.24, 2.45) is 7.05 Å². The molecule has 88 valence electrons. The Hall–Kier alpha value is -0.890. The number of carbonyl (C=O) groups excluding carboxylic acids is 1. The molecule has 0 aliphatic carbocycles. The van der Waals surface area contributed by atoms with Gasteiger partial charge in [-0.2, -0.15) is 5.10 Å². The summed E-state index contributed by atoms with van der Waals surface area (Å²) in [5.74, 6) is 0.488. The van der Waals surface area contributed by atoms with Gasteiger partial charge >= 0.3 is 0 Å². The van der Waals surface area contributed by atoms with E-state index in [9.17, 15) is 4.79 Å². The van der Waals surface area contributed by atoms with Crippen LogP contribution in [-0.2, 0) is 7.05 Å². The Morgan fingerprint density at radius 1 is 1.41 bits per heavy atom. The van der Waals surface area contributed by atoms with Crippen LogP contribution in [0.5, 0.6) is 0 Å². The lowest BCUT2D eigenvalue weighted by Gasteiger charge is -2.01. The molecule has 1 aromatic carbocycles. The maximum absolute atomic E-state index is 11.9. The highest BCUT2D eigenvalue weighted by Gasteiger charge is 2.08. The van der Waals surface area contributed by atoms with Crippen molar-refractivity contribution >= 4 is 40.1 Å². The molecule has 0 bridgehead atoms. The maximum atomic E-state index is 11.9. The molecule has 0 unspecified atom stereocenters. The second kappa shape index (κ2) is 5.63. The third-order valence-electron chi connectivity index (χ3n) is 2.17. The van der Waals surface area contributed by atoms with Gasteiger partial charge in [0.25, 0.3) is 0 Å². The van der Waals surface area contributed by atoms with Crippen LogP contribution in [-0.4, -0.2) is 26.3 Å². The molecule has 4 nitrogen and oxygen atoms in total. The molecule has 0 fully saturated rings. The molecule has 0 N–H and O–H groups in total. The van der Waals surface area contributed by atoms with E-state index in [1.54, 1.807) is 4.68 Å². The van der Waals surface area contributed by atoms with Crippen LogP contribution in [0.4, 0.5) is 0 Å². The van der Waals surface area contributed by atoms with Crippen LogP contribution >= 0.6 is 34.4 Å². The second-order valence-electron chi connectivity index (χ2n) is 3.38. The molecule has 2 rings (SSSR count). The van der Waals surface area contributed by atoms with E-state index in [1.165, 1.54) is 18.1 Å². The van der Waals surface area contributed by atoms with Crippen molar-refractivity contribution in [2.75, 3.05) is 5.75 Å². The van der Waals surface area contributed by atoms with Gasteiger partial charge in [-0.3, -0.25) is 4.79 Å². The first-order chi connectivity index (χ1) is 8.16. The zero-order chi connectivity index (χ0) is 12.3. The summed E-state index contributed by atoms with van der Waals surface area (Å²) in [7, 11) is 1.81. The Bertz CT molecular complexity index is 524. The van der Waals surface area contributed by atoms with Crippen LogP contribution in [0.25, 0.3) is 0 Å². The summed E-state index contributed by atoms with van der Waals surface area (Å²) in [6, 6.07) is 7.56. The Balaban J connectivity index is 1.98. The standard InChI is InChI=1S/C11H10IN3OS/c1-15-11(13-7-14-15)17-6-10(16)8-2-4-9(12)5-3-8/h2-5,7H,6H2,1H3. The van der Waals surface area contributed by atoms with Crippen molar-refractivity contribution in [1.29, 1.82) is 0 Å². The second-order valence-corrected chi connectivity index (χ2v) is 5.57. The topological polar surface area (TPSA) is 47.8 Å². The van der Waals surface area contributed by atoms with Crippen molar-refractivity contribution in [3.8, 4) is 0 Å². The number of rotatable bonds is 4. The molecule has 0 aliphatic rings. The van der Waals surface area contributed by atoms with E-state index in [2.05, 4.69) is 32.7 Å². The first kappa shape index (κ1) is 12.6. The van der Waals surface area contributed by atoms with Crippen molar-refractivity contribution in [3.63, 3.8) is 0 Å². The number of thioether (sulfide) groups is 1. The fourth-order valence-corrected chi connectivity index (χ4v) is 2.41. The zero-order valence-corrected chi connectivity index (χ0v) is 12.1. The molecule has 0 saturated carbocycles. The predicted molar refractivity (Wildman–Crippen MR) is 75.2 cm³/mol. The summed E-state index contributed by atoms with van der Waals surface area (Å²) in [5, 5.41) is 4.70. The average molecular weight is 359 g/mol. The van der Waals surface area contributed by atoms with Gasteiger partial charge in [0.15, 0.2) is 10.9 Å². The fraction of sp³-hybridized carbons (Fsp3) is 0.182. The fourth-order valence-electron chi connectivity index (χ4n) is 1.27. The van der Waals surface area contributed by atoms with Gasteiger partial charge < -0.3 is 0 Å². The molecule has 0 amide bonds. The number of Topliss-reactive ketones (excluding diaryl/α,β-unsaturated/α-hetero) is 1. The number of ketones is 1.